The normalized spacial score (nSPS) is 16.2. The van der Waals surface area contributed by atoms with Gasteiger partial charge in [-0.3, -0.25) is 4.79 Å². The van der Waals surface area contributed by atoms with Crippen LogP contribution in [0, 0.1) is 5.41 Å². The van der Waals surface area contributed by atoms with Crippen molar-refractivity contribution in [2.45, 2.75) is 64.7 Å². The molecule has 0 radical (unpaired) electrons. The molecule has 0 heterocycles. The first-order valence-electron chi connectivity index (χ1n) is 13.0. The van der Waals surface area contributed by atoms with Crippen molar-refractivity contribution in [3.63, 3.8) is 0 Å². The number of aryl methyl sites for hydroxylation is 2. The van der Waals surface area contributed by atoms with Crippen LogP contribution in [-0.2, 0) is 22.4 Å². The SMILES string of the molecule is CCC(C)(CC(CC(C)c1ccc2c(c1)CC2)c1c2ccccc2cc2ccccc12)C(=O)OC. The third-order valence-corrected chi connectivity index (χ3v) is 8.48. The zero-order valence-corrected chi connectivity index (χ0v) is 21.4. The molecule has 0 N–H and O–H groups in total. The zero-order chi connectivity index (χ0) is 24.6. The molecule has 1 aliphatic rings. The van der Waals surface area contributed by atoms with Crippen molar-refractivity contribution >= 4 is 27.5 Å². The van der Waals surface area contributed by atoms with Crippen LogP contribution in [0.4, 0.5) is 0 Å². The lowest BCUT2D eigenvalue weighted by Gasteiger charge is -2.33. The minimum absolute atomic E-state index is 0.108. The van der Waals surface area contributed by atoms with Crippen molar-refractivity contribution in [3.8, 4) is 0 Å². The van der Waals surface area contributed by atoms with Gasteiger partial charge in [-0.2, -0.15) is 0 Å². The molecule has 2 nitrogen and oxygen atoms in total. The highest BCUT2D eigenvalue weighted by Gasteiger charge is 2.37. The van der Waals surface area contributed by atoms with Gasteiger partial charge in [0, 0.05) is 0 Å². The van der Waals surface area contributed by atoms with Crippen LogP contribution in [0.1, 0.15) is 74.1 Å². The highest BCUT2D eigenvalue weighted by atomic mass is 16.5. The summed E-state index contributed by atoms with van der Waals surface area (Å²) in [5, 5.41) is 5.11. The van der Waals surface area contributed by atoms with Crippen molar-refractivity contribution < 1.29 is 9.53 Å². The van der Waals surface area contributed by atoms with Gasteiger partial charge in [0.25, 0.3) is 0 Å². The third kappa shape index (κ3) is 4.35. The number of esters is 1. The molecule has 0 saturated carbocycles. The van der Waals surface area contributed by atoms with Gasteiger partial charge in [-0.15, -0.1) is 0 Å². The summed E-state index contributed by atoms with van der Waals surface area (Å²) in [6.07, 6.45) is 4.92. The number of carbonyl (C=O) groups is 1. The van der Waals surface area contributed by atoms with Gasteiger partial charge in [-0.05, 0) is 101 Å². The van der Waals surface area contributed by atoms with Gasteiger partial charge in [0.2, 0.25) is 0 Å². The Morgan fingerprint density at radius 3 is 2.09 bits per heavy atom. The lowest BCUT2D eigenvalue weighted by Crippen LogP contribution is -2.31. The predicted molar refractivity (Wildman–Crippen MR) is 146 cm³/mol. The first kappa shape index (κ1) is 23.6. The van der Waals surface area contributed by atoms with Crippen LogP contribution in [0.2, 0.25) is 0 Å². The summed E-state index contributed by atoms with van der Waals surface area (Å²) in [7, 11) is 1.52. The quantitative estimate of drug-likeness (QED) is 0.193. The van der Waals surface area contributed by atoms with E-state index in [0.29, 0.717) is 5.92 Å². The van der Waals surface area contributed by atoms with Gasteiger partial charge in [0.15, 0.2) is 0 Å². The van der Waals surface area contributed by atoms with Gasteiger partial charge < -0.3 is 4.74 Å². The molecule has 2 heteroatoms. The first-order valence-corrected chi connectivity index (χ1v) is 13.0. The summed E-state index contributed by atoms with van der Waals surface area (Å²) in [4.78, 5) is 13.0. The minimum Gasteiger partial charge on any atom is -0.469 e. The molecule has 0 bridgehead atoms. The number of hydrogen-bond acceptors (Lipinski definition) is 2. The fraction of sp³-hybridized carbons (Fsp3) is 0.364. The molecule has 3 unspecified atom stereocenters. The van der Waals surface area contributed by atoms with E-state index in [9.17, 15) is 4.79 Å². The molecule has 0 spiro atoms. The molecule has 4 aromatic rings. The Kier molecular flexibility index (Phi) is 6.40. The molecule has 0 aromatic heterocycles. The van der Waals surface area contributed by atoms with Crippen LogP contribution in [0.3, 0.4) is 0 Å². The highest BCUT2D eigenvalue weighted by Crippen LogP contribution is 2.45. The third-order valence-electron chi connectivity index (χ3n) is 8.48. The zero-order valence-electron chi connectivity index (χ0n) is 21.4. The maximum atomic E-state index is 13.0. The number of benzene rings is 4. The van der Waals surface area contributed by atoms with E-state index in [1.54, 1.807) is 0 Å². The molecule has 0 amide bonds. The Bertz CT molecular complexity index is 1330. The van der Waals surface area contributed by atoms with E-state index in [4.69, 9.17) is 4.74 Å². The smallest absolute Gasteiger partial charge is 0.311 e. The number of ether oxygens (including phenoxy) is 1. The summed E-state index contributed by atoms with van der Waals surface area (Å²) in [5.74, 6) is 0.502. The predicted octanol–water partition coefficient (Wildman–Crippen LogP) is 8.35. The molecular formula is C33H36O2. The maximum Gasteiger partial charge on any atom is 0.311 e. The van der Waals surface area contributed by atoms with E-state index >= 15 is 0 Å². The van der Waals surface area contributed by atoms with E-state index in [0.717, 1.165) is 19.3 Å². The summed E-state index contributed by atoms with van der Waals surface area (Å²) >= 11 is 0. The van der Waals surface area contributed by atoms with Crippen LogP contribution in [-0.4, -0.2) is 13.1 Å². The summed E-state index contributed by atoms with van der Waals surface area (Å²) in [5.41, 5.74) is 5.26. The lowest BCUT2D eigenvalue weighted by atomic mass is 9.71. The molecule has 35 heavy (non-hydrogen) atoms. The van der Waals surface area contributed by atoms with Crippen molar-refractivity contribution in [2.75, 3.05) is 7.11 Å². The first-order chi connectivity index (χ1) is 16.9. The highest BCUT2D eigenvalue weighted by molar-refractivity contribution is 6.02. The fourth-order valence-electron chi connectivity index (χ4n) is 6.04. The van der Waals surface area contributed by atoms with Gasteiger partial charge in [-0.25, -0.2) is 0 Å². The molecule has 5 rings (SSSR count). The van der Waals surface area contributed by atoms with Crippen molar-refractivity contribution in [2.24, 2.45) is 5.41 Å². The number of hydrogen-bond donors (Lipinski definition) is 0. The van der Waals surface area contributed by atoms with Gasteiger partial charge in [0.05, 0.1) is 12.5 Å². The molecule has 0 saturated heterocycles. The van der Waals surface area contributed by atoms with Crippen molar-refractivity contribution in [1.29, 1.82) is 0 Å². The number of fused-ring (bicyclic) bond motifs is 3. The average molecular weight is 465 g/mol. The van der Waals surface area contributed by atoms with E-state index in [1.807, 2.05) is 0 Å². The largest absolute Gasteiger partial charge is 0.469 e. The lowest BCUT2D eigenvalue weighted by molar-refractivity contribution is -0.152. The van der Waals surface area contributed by atoms with Gasteiger partial charge >= 0.3 is 5.97 Å². The second-order valence-electron chi connectivity index (χ2n) is 10.7. The number of rotatable bonds is 8. The van der Waals surface area contributed by atoms with Gasteiger partial charge in [-0.1, -0.05) is 80.6 Å². The number of carbonyl (C=O) groups excluding carboxylic acids is 1. The van der Waals surface area contributed by atoms with E-state index in [-0.39, 0.29) is 11.9 Å². The second-order valence-corrected chi connectivity index (χ2v) is 10.7. The Hall–Kier alpha value is -3.13. The summed E-state index contributed by atoms with van der Waals surface area (Å²) < 4.78 is 5.31. The monoisotopic (exact) mass is 464 g/mol. The Balaban J connectivity index is 1.65. The molecule has 1 aliphatic carbocycles. The van der Waals surface area contributed by atoms with Crippen LogP contribution >= 0.6 is 0 Å². The Morgan fingerprint density at radius 2 is 1.54 bits per heavy atom. The molecule has 0 fully saturated rings. The summed E-state index contributed by atoms with van der Waals surface area (Å²) in [6.45, 7) is 6.53. The second kappa shape index (κ2) is 9.49. The average Bonchev–Trinajstić information content (AvgIpc) is 2.86. The van der Waals surface area contributed by atoms with E-state index < -0.39 is 5.41 Å². The topological polar surface area (TPSA) is 26.3 Å². The van der Waals surface area contributed by atoms with E-state index in [1.165, 1.54) is 63.8 Å². The summed E-state index contributed by atoms with van der Waals surface area (Å²) in [6, 6.07) is 26.8. The molecule has 180 valence electrons. The van der Waals surface area contributed by atoms with Crippen LogP contribution in [0.25, 0.3) is 21.5 Å². The van der Waals surface area contributed by atoms with Crippen LogP contribution in [0.5, 0.6) is 0 Å². The van der Waals surface area contributed by atoms with Crippen LogP contribution < -0.4 is 0 Å². The Morgan fingerprint density at radius 1 is 0.914 bits per heavy atom. The molecule has 4 aromatic carbocycles. The fourth-order valence-corrected chi connectivity index (χ4v) is 6.04. The maximum absolute atomic E-state index is 13.0. The standard InChI is InChI=1S/C33H36O2/c1-5-33(3,32(34)35-4)21-28(18-22(2)24-16-14-23-15-17-25(23)19-24)31-29-12-8-6-10-26(29)20-27-11-7-9-13-30(27)31/h6-14,16,19-20,22,28H,5,15,17-18,21H2,1-4H3. The Labute approximate surface area is 209 Å². The van der Waals surface area contributed by atoms with Gasteiger partial charge in [0.1, 0.15) is 0 Å². The van der Waals surface area contributed by atoms with Crippen molar-refractivity contribution in [1.82, 2.24) is 0 Å². The molecular weight excluding hydrogens is 428 g/mol. The van der Waals surface area contributed by atoms with Crippen LogP contribution in [0.15, 0.2) is 72.8 Å². The molecule has 0 aliphatic heterocycles. The van der Waals surface area contributed by atoms with Crippen molar-refractivity contribution in [3.05, 3.63) is 95.1 Å². The number of methoxy groups -OCH3 is 1. The van der Waals surface area contributed by atoms with E-state index in [2.05, 4.69) is 93.6 Å². The minimum atomic E-state index is -0.530. The molecule has 3 atom stereocenters.